The third-order valence-corrected chi connectivity index (χ3v) is 7.57. The standard InChI is InChI=1S/C25H25F3N2O5S/c26-15-4-1-14-9-21(36-20(14)10-15)23(31)29-7-8-30-24(32)22-18(27)11-17(12-19(22)28)35-16-5-2-13(3-6-16)25(33)34/h1,4,10-13,16,21H,2-3,5-9H2,(H,29,31)(H,30,32)(H,33,34). The second-order valence-electron chi connectivity index (χ2n) is 8.80. The number of hydrogen-bond acceptors (Lipinski definition) is 5. The maximum atomic E-state index is 14.5. The summed E-state index contributed by atoms with van der Waals surface area (Å²) in [5, 5.41) is 13.7. The molecule has 1 heterocycles. The van der Waals surface area contributed by atoms with Crippen molar-refractivity contribution in [3.05, 3.63) is 58.9 Å². The van der Waals surface area contributed by atoms with Gasteiger partial charge in [-0.1, -0.05) is 6.07 Å². The van der Waals surface area contributed by atoms with E-state index in [1.807, 2.05) is 0 Å². The second-order valence-corrected chi connectivity index (χ2v) is 10.0. The van der Waals surface area contributed by atoms with Crippen molar-refractivity contribution in [3.8, 4) is 5.75 Å². The predicted molar refractivity (Wildman–Crippen MR) is 125 cm³/mol. The Morgan fingerprint density at radius 3 is 2.31 bits per heavy atom. The van der Waals surface area contributed by atoms with E-state index in [2.05, 4.69) is 10.6 Å². The lowest BCUT2D eigenvalue weighted by molar-refractivity contribution is -0.143. The van der Waals surface area contributed by atoms with Crippen LogP contribution in [0.1, 0.15) is 41.6 Å². The number of carbonyl (C=O) groups excluding carboxylic acids is 2. The Hall–Kier alpha value is -3.21. The zero-order valence-corrected chi connectivity index (χ0v) is 20.0. The monoisotopic (exact) mass is 522 g/mol. The second kappa shape index (κ2) is 11.2. The Balaban J connectivity index is 1.23. The van der Waals surface area contributed by atoms with Gasteiger partial charge < -0.3 is 20.5 Å². The molecule has 2 aromatic carbocycles. The number of ether oxygens (including phenoxy) is 1. The summed E-state index contributed by atoms with van der Waals surface area (Å²) < 4.78 is 48.0. The molecule has 1 fully saturated rings. The fourth-order valence-corrected chi connectivity index (χ4v) is 5.61. The largest absolute Gasteiger partial charge is 0.490 e. The molecule has 0 saturated heterocycles. The normalized spacial score (nSPS) is 20.9. The van der Waals surface area contributed by atoms with Crippen LogP contribution in [0.4, 0.5) is 13.2 Å². The average molecular weight is 523 g/mol. The van der Waals surface area contributed by atoms with Gasteiger partial charge in [-0.15, -0.1) is 11.8 Å². The molecular weight excluding hydrogens is 497 g/mol. The van der Waals surface area contributed by atoms with Gasteiger partial charge in [-0.2, -0.15) is 0 Å². The predicted octanol–water partition coefficient (Wildman–Crippen LogP) is 3.69. The van der Waals surface area contributed by atoms with Crippen LogP contribution in [0, 0.1) is 23.4 Å². The first kappa shape index (κ1) is 25.9. The highest BCUT2D eigenvalue weighted by Gasteiger charge is 2.29. The molecule has 36 heavy (non-hydrogen) atoms. The molecule has 1 unspecified atom stereocenters. The van der Waals surface area contributed by atoms with Crippen molar-refractivity contribution in [2.45, 2.75) is 48.4 Å². The van der Waals surface area contributed by atoms with Gasteiger partial charge in [-0.25, -0.2) is 13.2 Å². The maximum Gasteiger partial charge on any atom is 0.306 e. The van der Waals surface area contributed by atoms with Gasteiger partial charge in [-0.05, 0) is 49.8 Å². The molecule has 2 aromatic rings. The minimum Gasteiger partial charge on any atom is -0.490 e. The number of carboxylic acids is 1. The Kier molecular flexibility index (Phi) is 8.07. The van der Waals surface area contributed by atoms with Crippen LogP contribution < -0.4 is 15.4 Å². The van der Waals surface area contributed by atoms with Crippen molar-refractivity contribution >= 4 is 29.5 Å². The van der Waals surface area contributed by atoms with E-state index in [0.717, 1.165) is 22.6 Å². The Morgan fingerprint density at radius 2 is 1.64 bits per heavy atom. The SMILES string of the molecule is O=C(NCCNC(=O)C1Cc2ccc(F)cc2S1)c1c(F)cc(OC2CCC(C(=O)O)CC2)cc1F. The topological polar surface area (TPSA) is 105 Å². The van der Waals surface area contributed by atoms with E-state index in [9.17, 15) is 27.6 Å². The molecule has 1 atom stereocenters. The maximum absolute atomic E-state index is 14.5. The van der Waals surface area contributed by atoms with Crippen LogP contribution in [-0.4, -0.2) is 47.3 Å². The molecule has 0 spiro atoms. The fraction of sp³-hybridized carbons (Fsp3) is 0.400. The summed E-state index contributed by atoms with van der Waals surface area (Å²) in [5.74, 6) is -5.15. The van der Waals surface area contributed by atoms with E-state index in [0.29, 0.717) is 32.1 Å². The van der Waals surface area contributed by atoms with Crippen LogP contribution in [0.25, 0.3) is 0 Å². The molecular formula is C25H25F3N2O5S. The number of thioether (sulfide) groups is 1. The zero-order valence-electron chi connectivity index (χ0n) is 19.2. The van der Waals surface area contributed by atoms with Crippen molar-refractivity contribution in [2.75, 3.05) is 13.1 Å². The molecule has 192 valence electrons. The molecule has 2 amide bonds. The molecule has 0 aromatic heterocycles. The Bertz CT molecular complexity index is 1150. The fourth-order valence-electron chi connectivity index (χ4n) is 4.37. The van der Waals surface area contributed by atoms with E-state index in [-0.39, 0.29) is 36.7 Å². The summed E-state index contributed by atoms with van der Waals surface area (Å²) in [7, 11) is 0. The third kappa shape index (κ3) is 6.13. The molecule has 0 bridgehead atoms. The lowest BCUT2D eigenvalue weighted by Gasteiger charge is -2.26. The average Bonchev–Trinajstić information content (AvgIpc) is 3.25. The number of aliphatic carboxylic acids is 1. The van der Waals surface area contributed by atoms with Gasteiger partial charge in [0.05, 0.1) is 17.3 Å². The third-order valence-electron chi connectivity index (χ3n) is 6.27. The summed E-state index contributed by atoms with van der Waals surface area (Å²) in [6.45, 7) is 0.00325. The van der Waals surface area contributed by atoms with Crippen LogP contribution in [0.2, 0.25) is 0 Å². The number of carboxylic acid groups (broad SMARTS) is 1. The molecule has 3 N–H and O–H groups in total. The Labute approximate surface area is 209 Å². The first-order valence-corrected chi connectivity index (χ1v) is 12.5. The molecule has 4 rings (SSSR count). The summed E-state index contributed by atoms with van der Waals surface area (Å²) >= 11 is 1.26. The number of nitrogens with one attached hydrogen (secondary N) is 2. The van der Waals surface area contributed by atoms with Crippen LogP contribution in [0.3, 0.4) is 0 Å². The van der Waals surface area contributed by atoms with Gasteiger partial charge >= 0.3 is 5.97 Å². The van der Waals surface area contributed by atoms with Crippen LogP contribution >= 0.6 is 11.8 Å². The smallest absolute Gasteiger partial charge is 0.306 e. The van der Waals surface area contributed by atoms with E-state index in [4.69, 9.17) is 9.84 Å². The molecule has 7 nitrogen and oxygen atoms in total. The van der Waals surface area contributed by atoms with Gasteiger partial charge in [-0.3, -0.25) is 14.4 Å². The van der Waals surface area contributed by atoms with Gasteiger partial charge in [0.25, 0.3) is 5.91 Å². The number of hydrogen-bond donors (Lipinski definition) is 3. The van der Waals surface area contributed by atoms with E-state index >= 15 is 0 Å². The summed E-state index contributed by atoms with van der Waals surface area (Å²) in [5.41, 5.74) is 0.133. The number of fused-ring (bicyclic) bond motifs is 1. The van der Waals surface area contributed by atoms with E-state index in [1.54, 1.807) is 6.07 Å². The lowest BCUT2D eigenvalue weighted by atomic mass is 9.87. The number of benzene rings is 2. The first-order chi connectivity index (χ1) is 17.2. The zero-order chi connectivity index (χ0) is 25.8. The number of carbonyl (C=O) groups is 3. The van der Waals surface area contributed by atoms with E-state index in [1.165, 1.54) is 23.9 Å². The van der Waals surface area contributed by atoms with Crippen LogP contribution in [-0.2, 0) is 16.0 Å². The van der Waals surface area contributed by atoms with E-state index < -0.39 is 40.2 Å². The molecule has 0 radical (unpaired) electrons. The number of halogens is 3. The van der Waals surface area contributed by atoms with Gasteiger partial charge in [0.15, 0.2) is 0 Å². The van der Waals surface area contributed by atoms with Gasteiger partial charge in [0, 0.05) is 30.1 Å². The minimum absolute atomic E-state index is 0.0481. The number of amides is 2. The summed E-state index contributed by atoms with van der Waals surface area (Å²) in [6.07, 6.45) is 1.87. The molecule has 2 aliphatic rings. The molecule has 1 aliphatic heterocycles. The van der Waals surface area contributed by atoms with Crippen LogP contribution in [0.5, 0.6) is 5.75 Å². The van der Waals surface area contributed by atoms with Crippen LogP contribution in [0.15, 0.2) is 35.2 Å². The van der Waals surface area contributed by atoms with Crippen molar-refractivity contribution < 1.29 is 37.4 Å². The quantitative estimate of drug-likeness (QED) is 0.457. The van der Waals surface area contributed by atoms with Crippen molar-refractivity contribution in [3.63, 3.8) is 0 Å². The highest BCUT2D eigenvalue weighted by molar-refractivity contribution is 8.01. The van der Waals surface area contributed by atoms with Crippen molar-refractivity contribution in [1.82, 2.24) is 10.6 Å². The molecule has 11 heteroatoms. The summed E-state index contributed by atoms with van der Waals surface area (Å²) in [6, 6.07) is 6.24. The first-order valence-electron chi connectivity index (χ1n) is 11.6. The highest BCUT2D eigenvalue weighted by atomic mass is 32.2. The minimum atomic E-state index is -1.09. The molecule has 1 saturated carbocycles. The van der Waals surface area contributed by atoms with Gasteiger partial charge in [0.1, 0.15) is 28.8 Å². The van der Waals surface area contributed by atoms with Crippen molar-refractivity contribution in [2.24, 2.45) is 5.92 Å². The van der Waals surface area contributed by atoms with Crippen molar-refractivity contribution in [1.29, 1.82) is 0 Å². The highest BCUT2D eigenvalue weighted by Crippen LogP contribution is 2.37. The number of rotatable bonds is 8. The molecule has 1 aliphatic carbocycles. The lowest BCUT2D eigenvalue weighted by Crippen LogP contribution is -2.39. The van der Waals surface area contributed by atoms with Gasteiger partial charge in [0.2, 0.25) is 5.91 Å². The Morgan fingerprint density at radius 1 is 0.972 bits per heavy atom. The summed E-state index contributed by atoms with van der Waals surface area (Å²) in [4.78, 5) is 36.5.